The van der Waals surface area contributed by atoms with Crippen molar-refractivity contribution in [2.45, 2.75) is 13.3 Å². The summed E-state index contributed by atoms with van der Waals surface area (Å²) in [5.74, 6) is -0.858. The van der Waals surface area contributed by atoms with Gasteiger partial charge in [-0.15, -0.1) is 0 Å². The summed E-state index contributed by atoms with van der Waals surface area (Å²) in [7, 11) is 0. The van der Waals surface area contributed by atoms with Crippen molar-refractivity contribution in [3.63, 3.8) is 0 Å². The van der Waals surface area contributed by atoms with Crippen molar-refractivity contribution >= 4 is 11.7 Å². The lowest BCUT2D eigenvalue weighted by Gasteiger charge is -2.07. The second-order valence-electron chi connectivity index (χ2n) is 3.38. The molecule has 1 aliphatic rings. The third-order valence-corrected chi connectivity index (χ3v) is 2.40. The summed E-state index contributed by atoms with van der Waals surface area (Å²) in [6.45, 7) is 2.78. The fraction of sp³-hybridized carbons (Fsp3) is 0.364. The molecule has 0 unspecified atom stereocenters. The minimum Gasteiger partial charge on any atom is -0.462 e. The average molecular weight is 209 g/mol. The highest BCUT2D eigenvalue weighted by Gasteiger charge is 2.21. The van der Waals surface area contributed by atoms with Crippen LogP contribution in [0.5, 0.6) is 0 Å². The molecule has 0 spiro atoms. The number of benzene rings is 1. The lowest BCUT2D eigenvalue weighted by Crippen LogP contribution is -2.08. The Morgan fingerprint density at radius 3 is 3.13 bits per heavy atom. The molecule has 0 fully saturated rings. The topological polar surface area (TPSA) is 38.3 Å². The number of carbonyl (C=O) groups is 1. The predicted molar refractivity (Wildman–Crippen MR) is 54.6 cm³/mol. The van der Waals surface area contributed by atoms with Crippen molar-refractivity contribution in [3.8, 4) is 0 Å². The lowest BCUT2D eigenvalue weighted by molar-refractivity contribution is 0.0525. The van der Waals surface area contributed by atoms with E-state index in [1.807, 2.05) is 0 Å². The molecule has 15 heavy (non-hydrogen) atoms. The van der Waals surface area contributed by atoms with Gasteiger partial charge in [0.05, 0.1) is 12.2 Å². The molecule has 1 heterocycles. The molecule has 0 amide bonds. The Bertz CT molecular complexity index is 404. The quantitative estimate of drug-likeness (QED) is 0.757. The molecule has 0 atom stereocenters. The molecule has 0 saturated carbocycles. The molecule has 0 bridgehead atoms. The third-order valence-electron chi connectivity index (χ3n) is 2.40. The number of carbonyl (C=O) groups excluding carboxylic acids is 1. The molecule has 4 heteroatoms. The van der Waals surface area contributed by atoms with Gasteiger partial charge in [-0.25, -0.2) is 9.18 Å². The van der Waals surface area contributed by atoms with Crippen LogP contribution in [0.15, 0.2) is 12.1 Å². The highest BCUT2D eigenvalue weighted by Crippen LogP contribution is 2.27. The molecular formula is C11H12FNO2. The molecule has 1 aromatic carbocycles. The number of fused-ring (bicyclic) bond motifs is 1. The predicted octanol–water partition coefficient (Wildman–Crippen LogP) is 1.97. The Balaban J connectivity index is 2.42. The van der Waals surface area contributed by atoms with Crippen LogP contribution in [0.3, 0.4) is 0 Å². The summed E-state index contributed by atoms with van der Waals surface area (Å²) in [4.78, 5) is 11.5. The molecule has 1 N–H and O–H groups in total. The Labute approximate surface area is 87.2 Å². The van der Waals surface area contributed by atoms with Crippen LogP contribution < -0.4 is 5.32 Å². The van der Waals surface area contributed by atoms with Gasteiger partial charge in [0.1, 0.15) is 5.82 Å². The van der Waals surface area contributed by atoms with Crippen LogP contribution in [0.1, 0.15) is 22.8 Å². The highest BCUT2D eigenvalue weighted by molar-refractivity contribution is 5.93. The molecule has 0 aromatic heterocycles. The molecule has 0 saturated heterocycles. The summed E-state index contributed by atoms with van der Waals surface area (Å²) in [5, 5.41) is 3.03. The second kappa shape index (κ2) is 3.88. The van der Waals surface area contributed by atoms with Crippen LogP contribution in [-0.2, 0) is 11.2 Å². The standard InChI is InChI=1S/C11H12FNO2/c1-2-15-11(14)9-5-7(12)6-10-8(9)3-4-13-10/h5-6,13H,2-4H2,1H3. The monoisotopic (exact) mass is 209 g/mol. The highest BCUT2D eigenvalue weighted by atomic mass is 19.1. The van der Waals surface area contributed by atoms with E-state index in [0.717, 1.165) is 18.5 Å². The maximum absolute atomic E-state index is 13.2. The van der Waals surface area contributed by atoms with E-state index in [1.165, 1.54) is 12.1 Å². The van der Waals surface area contributed by atoms with Crippen LogP contribution >= 0.6 is 0 Å². The summed E-state index contributed by atoms with van der Waals surface area (Å²) in [6, 6.07) is 2.65. The normalized spacial score (nSPS) is 13.2. The van der Waals surface area contributed by atoms with Gasteiger partial charge in [-0.3, -0.25) is 0 Å². The minimum atomic E-state index is -0.447. The first-order valence-corrected chi connectivity index (χ1v) is 4.95. The largest absolute Gasteiger partial charge is 0.462 e. The van der Waals surface area contributed by atoms with Crippen LogP contribution in [0.25, 0.3) is 0 Å². The molecule has 2 rings (SSSR count). The molecule has 3 nitrogen and oxygen atoms in total. The van der Waals surface area contributed by atoms with Gasteiger partial charge in [0.2, 0.25) is 0 Å². The lowest BCUT2D eigenvalue weighted by atomic mass is 10.0. The maximum atomic E-state index is 13.2. The van der Waals surface area contributed by atoms with Crippen molar-refractivity contribution in [2.75, 3.05) is 18.5 Å². The van der Waals surface area contributed by atoms with E-state index in [0.29, 0.717) is 17.9 Å². The van der Waals surface area contributed by atoms with Gasteiger partial charge < -0.3 is 10.1 Å². The Morgan fingerprint density at radius 2 is 2.40 bits per heavy atom. The molecule has 1 aromatic rings. The number of hydrogen-bond donors (Lipinski definition) is 1. The zero-order chi connectivity index (χ0) is 10.8. The van der Waals surface area contributed by atoms with E-state index in [2.05, 4.69) is 5.32 Å². The van der Waals surface area contributed by atoms with Gasteiger partial charge in [0.25, 0.3) is 0 Å². The van der Waals surface area contributed by atoms with Gasteiger partial charge in [0, 0.05) is 12.2 Å². The van der Waals surface area contributed by atoms with E-state index >= 15 is 0 Å². The van der Waals surface area contributed by atoms with E-state index in [4.69, 9.17) is 4.74 Å². The molecule has 1 aliphatic heterocycles. The number of anilines is 1. The van der Waals surface area contributed by atoms with E-state index in [9.17, 15) is 9.18 Å². The Morgan fingerprint density at radius 1 is 1.60 bits per heavy atom. The van der Waals surface area contributed by atoms with Crippen LogP contribution in [0.4, 0.5) is 10.1 Å². The Kier molecular flexibility index (Phi) is 2.58. The number of esters is 1. The molecule has 0 aliphatic carbocycles. The maximum Gasteiger partial charge on any atom is 0.338 e. The zero-order valence-corrected chi connectivity index (χ0v) is 8.47. The Hall–Kier alpha value is -1.58. The van der Waals surface area contributed by atoms with Crippen LogP contribution in [0, 0.1) is 5.82 Å². The third kappa shape index (κ3) is 1.79. The summed E-state index contributed by atoms with van der Waals surface area (Å²) in [6.07, 6.45) is 0.740. The van der Waals surface area contributed by atoms with Crippen molar-refractivity contribution in [2.24, 2.45) is 0 Å². The van der Waals surface area contributed by atoms with Gasteiger partial charge in [0.15, 0.2) is 0 Å². The van der Waals surface area contributed by atoms with Gasteiger partial charge in [-0.2, -0.15) is 0 Å². The van der Waals surface area contributed by atoms with Crippen LogP contribution in [-0.4, -0.2) is 19.1 Å². The van der Waals surface area contributed by atoms with E-state index in [-0.39, 0.29) is 0 Å². The summed E-state index contributed by atoms with van der Waals surface area (Å²) in [5.41, 5.74) is 1.91. The fourth-order valence-electron chi connectivity index (χ4n) is 1.78. The van der Waals surface area contributed by atoms with Gasteiger partial charge in [-0.1, -0.05) is 0 Å². The number of rotatable bonds is 2. The van der Waals surface area contributed by atoms with E-state index in [1.54, 1.807) is 6.92 Å². The summed E-state index contributed by atoms with van der Waals surface area (Å²) < 4.78 is 18.1. The van der Waals surface area contributed by atoms with Gasteiger partial charge in [-0.05, 0) is 31.0 Å². The van der Waals surface area contributed by atoms with Gasteiger partial charge >= 0.3 is 5.97 Å². The van der Waals surface area contributed by atoms with Crippen molar-refractivity contribution < 1.29 is 13.9 Å². The molecule has 80 valence electrons. The van der Waals surface area contributed by atoms with E-state index < -0.39 is 11.8 Å². The molecular weight excluding hydrogens is 197 g/mol. The number of halogens is 1. The first kappa shape index (κ1) is 9.96. The van der Waals surface area contributed by atoms with Crippen molar-refractivity contribution in [1.29, 1.82) is 0 Å². The first-order valence-electron chi connectivity index (χ1n) is 4.95. The number of ether oxygens (including phenoxy) is 1. The number of nitrogens with one attached hydrogen (secondary N) is 1. The van der Waals surface area contributed by atoms with Crippen molar-refractivity contribution in [3.05, 3.63) is 29.1 Å². The average Bonchev–Trinajstić information content (AvgIpc) is 2.64. The summed E-state index contributed by atoms with van der Waals surface area (Å²) >= 11 is 0. The van der Waals surface area contributed by atoms with Crippen LogP contribution in [0.2, 0.25) is 0 Å². The molecule has 0 radical (unpaired) electrons. The smallest absolute Gasteiger partial charge is 0.338 e. The van der Waals surface area contributed by atoms with Crippen molar-refractivity contribution in [1.82, 2.24) is 0 Å². The first-order chi connectivity index (χ1) is 7.22. The number of hydrogen-bond acceptors (Lipinski definition) is 3. The fourth-order valence-corrected chi connectivity index (χ4v) is 1.78. The zero-order valence-electron chi connectivity index (χ0n) is 8.47. The SMILES string of the molecule is CCOC(=O)c1cc(F)cc2c1CCN2. The minimum absolute atomic E-state index is 0.303. The second-order valence-corrected chi connectivity index (χ2v) is 3.38.